The largest absolute Gasteiger partial charge is 0.388 e. The summed E-state index contributed by atoms with van der Waals surface area (Å²) < 4.78 is 0. The summed E-state index contributed by atoms with van der Waals surface area (Å²) in [6.07, 6.45) is 10.9. The lowest BCUT2D eigenvalue weighted by Crippen LogP contribution is -2.35. The summed E-state index contributed by atoms with van der Waals surface area (Å²) in [5, 5.41) is 6.19. The number of hydrogen-bond donors (Lipinski definition) is 3. The van der Waals surface area contributed by atoms with Gasteiger partial charge in [-0.15, -0.1) is 0 Å². The van der Waals surface area contributed by atoms with Crippen LogP contribution in [0.4, 0.5) is 5.82 Å². The van der Waals surface area contributed by atoms with Crippen LogP contribution in [0.1, 0.15) is 19.2 Å². The average molecular weight is 380 g/mol. The molecule has 4 N–H and O–H groups in total. The molecule has 28 heavy (non-hydrogen) atoms. The van der Waals surface area contributed by atoms with Gasteiger partial charge in [0.15, 0.2) is 0 Å². The van der Waals surface area contributed by atoms with E-state index in [9.17, 15) is 0 Å². The molecule has 1 heterocycles. The number of allylic oxidation sites excluding steroid dienone is 3. The van der Waals surface area contributed by atoms with Gasteiger partial charge in [0.05, 0.1) is 0 Å². The van der Waals surface area contributed by atoms with Crippen molar-refractivity contribution in [3.05, 3.63) is 91.1 Å². The lowest BCUT2D eigenvalue weighted by molar-refractivity contribution is 0.535. The number of hydrogen-bond acceptors (Lipinski definition) is 5. The zero-order chi connectivity index (χ0) is 20.6. The molecule has 5 nitrogen and oxygen atoms in total. The van der Waals surface area contributed by atoms with Crippen molar-refractivity contribution in [3.63, 3.8) is 0 Å². The van der Waals surface area contributed by atoms with Crippen LogP contribution in [-0.2, 0) is 0 Å². The van der Waals surface area contributed by atoms with Crippen LogP contribution in [-0.4, -0.2) is 29.6 Å². The third-order valence-corrected chi connectivity index (χ3v) is 4.01. The second-order valence-corrected chi connectivity index (χ2v) is 6.24. The Morgan fingerprint density at radius 3 is 2.18 bits per heavy atom. The Hall–Kier alpha value is -2.92. The first-order valence-corrected chi connectivity index (χ1v) is 9.56. The van der Waals surface area contributed by atoms with Gasteiger partial charge in [0, 0.05) is 37.4 Å². The van der Waals surface area contributed by atoms with Crippen LogP contribution in [0.15, 0.2) is 85.2 Å². The first-order valence-electron chi connectivity index (χ1n) is 9.56. The highest BCUT2D eigenvalue weighted by Crippen LogP contribution is 2.10. The van der Waals surface area contributed by atoms with E-state index in [1.807, 2.05) is 74.7 Å². The molecule has 2 unspecified atom stereocenters. The second kappa shape index (κ2) is 14.2. The van der Waals surface area contributed by atoms with Crippen LogP contribution >= 0.6 is 0 Å². The van der Waals surface area contributed by atoms with E-state index in [4.69, 9.17) is 5.73 Å². The number of aryl methyl sites for hydroxylation is 1. The van der Waals surface area contributed by atoms with Crippen LogP contribution in [0.2, 0.25) is 0 Å². The maximum Gasteiger partial charge on any atom is 0.129 e. The SMILES string of the molecule is C=C(CC)NCC1C=CC=CC1N.CNc1ccnc(C)n1.c1ccccc1. The summed E-state index contributed by atoms with van der Waals surface area (Å²) in [6.45, 7) is 8.72. The number of nitrogens with zero attached hydrogens (tertiary/aromatic N) is 2. The van der Waals surface area contributed by atoms with E-state index in [2.05, 4.69) is 40.2 Å². The van der Waals surface area contributed by atoms with Gasteiger partial charge in [-0.2, -0.15) is 0 Å². The molecule has 1 aromatic carbocycles. The fraction of sp³-hybridized carbons (Fsp3) is 0.304. The molecule has 2 atom stereocenters. The number of benzene rings is 1. The van der Waals surface area contributed by atoms with Crippen molar-refractivity contribution in [2.45, 2.75) is 26.3 Å². The van der Waals surface area contributed by atoms with Gasteiger partial charge in [-0.05, 0) is 19.4 Å². The minimum absolute atomic E-state index is 0.141. The predicted molar refractivity (Wildman–Crippen MR) is 120 cm³/mol. The fourth-order valence-corrected chi connectivity index (χ4v) is 2.24. The maximum atomic E-state index is 5.90. The van der Waals surface area contributed by atoms with E-state index in [0.29, 0.717) is 5.92 Å². The first-order chi connectivity index (χ1) is 13.6. The standard InChI is InChI=1S/C11H18N2.C6H9N3.C6H6/c1-3-9(2)13-8-10-6-4-5-7-11(10)12;1-5-8-4-3-6(7-2)9-5;1-2-4-6-5-3-1/h4-7,10-11,13H,2-3,8,12H2,1H3;3-4H,1-2H3,(H,7,8,9);1-6H. The van der Waals surface area contributed by atoms with E-state index in [1.54, 1.807) is 6.20 Å². The van der Waals surface area contributed by atoms with Crippen LogP contribution in [0.25, 0.3) is 0 Å². The van der Waals surface area contributed by atoms with Crippen LogP contribution < -0.4 is 16.4 Å². The Balaban J connectivity index is 0.000000226. The minimum atomic E-state index is 0.141. The van der Waals surface area contributed by atoms with Gasteiger partial charge in [-0.25, -0.2) is 9.97 Å². The molecule has 0 aliphatic heterocycles. The van der Waals surface area contributed by atoms with Gasteiger partial charge in [0.2, 0.25) is 0 Å². The van der Waals surface area contributed by atoms with Gasteiger partial charge in [-0.3, -0.25) is 0 Å². The van der Waals surface area contributed by atoms with Crippen molar-refractivity contribution in [3.8, 4) is 0 Å². The maximum absolute atomic E-state index is 5.90. The normalized spacial score (nSPS) is 16.7. The number of aromatic nitrogens is 2. The highest BCUT2D eigenvalue weighted by molar-refractivity contribution is 5.31. The smallest absolute Gasteiger partial charge is 0.129 e. The zero-order valence-corrected chi connectivity index (χ0v) is 17.2. The molecule has 150 valence electrons. The van der Waals surface area contributed by atoms with E-state index < -0.39 is 0 Å². The fourth-order valence-electron chi connectivity index (χ4n) is 2.24. The first kappa shape index (κ1) is 23.1. The van der Waals surface area contributed by atoms with Crippen molar-refractivity contribution in [1.82, 2.24) is 15.3 Å². The van der Waals surface area contributed by atoms with Crippen molar-refractivity contribution in [1.29, 1.82) is 0 Å². The van der Waals surface area contributed by atoms with E-state index >= 15 is 0 Å². The molecule has 1 aromatic heterocycles. The number of anilines is 1. The monoisotopic (exact) mass is 379 g/mol. The molecule has 0 radical (unpaired) electrons. The van der Waals surface area contributed by atoms with Gasteiger partial charge in [0.25, 0.3) is 0 Å². The van der Waals surface area contributed by atoms with Crippen molar-refractivity contribution in [2.24, 2.45) is 11.7 Å². The molecule has 0 bridgehead atoms. The molecule has 0 saturated carbocycles. The molecule has 5 heteroatoms. The Labute approximate surface area is 169 Å². The highest BCUT2D eigenvalue weighted by Gasteiger charge is 2.13. The van der Waals surface area contributed by atoms with Crippen molar-refractivity contribution >= 4 is 5.82 Å². The molecule has 3 rings (SSSR count). The van der Waals surface area contributed by atoms with E-state index in [1.165, 1.54) is 0 Å². The number of nitrogens with one attached hydrogen (secondary N) is 2. The summed E-state index contributed by atoms with van der Waals surface area (Å²) >= 11 is 0. The Bertz CT molecular complexity index is 698. The zero-order valence-electron chi connectivity index (χ0n) is 17.2. The summed E-state index contributed by atoms with van der Waals surface area (Å²) in [6, 6.07) is 14.0. The molecular formula is C23H33N5. The molecule has 0 saturated heterocycles. The quantitative estimate of drug-likeness (QED) is 0.730. The highest BCUT2D eigenvalue weighted by atomic mass is 15.0. The van der Waals surface area contributed by atoms with Crippen LogP contribution in [0, 0.1) is 12.8 Å². The molecule has 0 fully saturated rings. The topological polar surface area (TPSA) is 75.9 Å². The van der Waals surface area contributed by atoms with Gasteiger partial charge < -0.3 is 16.4 Å². The summed E-state index contributed by atoms with van der Waals surface area (Å²) in [7, 11) is 1.84. The number of rotatable bonds is 5. The Morgan fingerprint density at radius 2 is 1.71 bits per heavy atom. The average Bonchev–Trinajstić information content (AvgIpc) is 2.75. The molecule has 0 amide bonds. The second-order valence-electron chi connectivity index (χ2n) is 6.24. The van der Waals surface area contributed by atoms with E-state index in [-0.39, 0.29) is 6.04 Å². The van der Waals surface area contributed by atoms with Crippen LogP contribution in [0.5, 0.6) is 0 Å². The minimum Gasteiger partial charge on any atom is -0.388 e. The Morgan fingerprint density at radius 1 is 1.11 bits per heavy atom. The molecule has 2 aromatic rings. The van der Waals surface area contributed by atoms with Gasteiger partial charge in [0.1, 0.15) is 11.6 Å². The summed E-state index contributed by atoms with van der Waals surface area (Å²) in [4.78, 5) is 8.01. The lowest BCUT2D eigenvalue weighted by atomic mass is 9.96. The van der Waals surface area contributed by atoms with Gasteiger partial charge >= 0.3 is 0 Å². The third kappa shape index (κ3) is 10.3. The van der Waals surface area contributed by atoms with E-state index in [0.717, 1.165) is 30.3 Å². The lowest BCUT2D eigenvalue weighted by Gasteiger charge is -2.21. The molecule has 0 spiro atoms. The molecular weight excluding hydrogens is 346 g/mol. The molecule has 1 aliphatic rings. The predicted octanol–water partition coefficient (Wildman–Crippen LogP) is 4.08. The third-order valence-electron chi connectivity index (χ3n) is 4.01. The van der Waals surface area contributed by atoms with Crippen LogP contribution in [0.3, 0.4) is 0 Å². The molecule has 1 aliphatic carbocycles. The summed E-state index contributed by atoms with van der Waals surface area (Å²) in [5.41, 5.74) is 6.98. The van der Waals surface area contributed by atoms with Gasteiger partial charge in [-0.1, -0.05) is 74.2 Å². The number of nitrogens with two attached hydrogens (primary N) is 1. The Kier molecular flexibility index (Phi) is 11.7. The summed E-state index contributed by atoms with van der Waals surface area (Å²) in [5.74, 6) is 2.05. The van der Waals surface area contributed by atoms with Crippen molar-refractivity contribution < 1.29 is 0 Å². The van der Waals surface area contributed by atoms with Crippen molar-refractivity contribution in [2.75, 3.05) is 18.9 Å².